The molecule has 1 N–H and O–H groups in total. The zero-order valence-corrected chi connectivity index (χ0v) is 14.9. The molecule has 0 saturated carbocycles. The van der Waals surface area contributed by atoms with Crippen LogP contribution in [0.4, 0.5) is 5.69 Å². The Labute approximate surface area is 157 Å². The molecule has 1 aliphatic heterocycles. The Morgan fingerprint density at radius 2 is 1.93 bits per heavy atom. The summed E-state index contributed by atoms with van der Waals surface area (Å²) >= 11 is 0.735. The fraction of sp³-hybridized carbons (Fsp3) is 0.333. The highest BCUT2D eigenvalue weighted by Gasteiger charge is 2.35. The normalized spacial score (nSPS) is 14.8. The van der Waals surface area contributed by atoms with Crippen LogP contribution in [0.1, 0.15) is 19.3 Å². The lowest BCUT2D eigenvalue weighted by Crippen LogP contribution is -2.42. The molecule has 1 aromatic rings. The maximum Gasteiger partial charge on any atom is 0.351 e. The van der Waals surface area contributed by atoms with Gasteiger partial charge in [-0.05, 0) is 18.0 Å². The maximum atomic E-state index is 12.3. The van der Waals surface area contributed by atoms with Crippen molar-refractivity contribution < 1.29 is 33.7 Å². The number of rotatable bonds is 8. The van der Waals surface area contributed by atoms with Crippen LogP contribution in [-0.4, -0.2) is 46.9 Å². The molecule has 12 heteroatoms. The van der Waals surface area contributed by atoms with Crippen LogP contribution in [0.25, 0.3) is 0 Å². The number of nitro groups is 1. The highest BCUT2D eigenvalue weighted by Crippen LogP contribution is 2.27. The molecule has 0 aromatic heterocycles. The molecule has 27 heavy (non-hydrogen) atoms. The summed E-state index contributed by atoms with van der Waals surface area (Å²) in [6, 6.07) is 4.45. The highest BCUT2D eigenvalue weighted by molar-refractivity contribution is 7.97. The zero-order chi connectivity index (χ0) is 20.0. The van der Waals surface area contributed by atoms with Gasteiger partial charge in [-0.15, -0.1) is 5.06 Å². The van der Waals surface area contributed by atoms with Gasteiger partial charge >= 0.3 is 11.9 Å². The van der Waals surface area contributed by atoms with E-state index in [0.29, 0.717) is 5.06 Å². The van der Waals surface area contributed by atoms with Crippen molar-refractivity contribution in [3.63, 3.8) is 0 Å². The van der Waals surface area contributed by atoms with Crippen molar-refractivity contribution >= 4 is 41.4 Å². The number of para-hydroxylation sites is 1. The van der Waals surface area contributed by atoms with Gasteiger partial charge in [0.1, 0.15) is 10.9 Å². The van der Waals surface area contributed by atoms with Crippen LogP contribution in [0.15, 0.2) is 29.2 Å². The van der Waals surface area contributed by atoms with E-state index in [-0.39, 0.29) is 23.4 Å². The number of benzene rings is 1. The number of nitrogens with zero attached hydrogens (tertiary/aromatic N) is 2. The van der Waals surface area contributed by atoms with Gasteiger partial charge in [-0.3, -0.25) is 24.5 Å². The van der Waals surface area contributed by atoms with Crippen molar-refractivity contribution in [2.45, 2.75) is 30.2 Å². The molecule has 144 valence electrons. The molecule has 11 nitrogen and oxygen atoms in total. The molecule has 1 saturated heterocycles. The zero-order valence-electron chi connectivity index (χ0n) is 14.1. The summed E-state index contributed by atoms with van der Waals surface area (Å²) in [4.78, 5) is 62.4. The minimum absolute atomic E-state index is 0.0772. The largest absolute Gasteiger partial charge is 0.469 e. The van der Waals surface area contributed by atoms with E-state index in [1.54, 1.807) is 6.07 Å². The van der Waals surface area contributed by atoms with Gasteiger partial charge in [0.25, 0.3) is 17.5 Å². The number of imide groups is 1. The summed E-state index contributed by atoms with van der Waals surface area (Å²) in [6.07, 6.45) is -0.627. The van der Waals surface area contributed by atoms with E-state index in [2.05, 4.69) is 9.46 Å². The number of hydrogen-bond acceptors (Lipinski definition) is 10. The van der Waals surface area contributed by atoms with Crippen LogP contribution < -0.4 is 4.72 Å². The van der Waals surface area contributed by atoms with Crippen molar-refractivity contribution in [3.05, 3.63) is 34.4 Å². The van der Waals surface area contributed by atoms with Gasteiger partial charge in [-0.2, -0.15) is 0 Å². The number of nitro benzene ring substituents is 1. The molecule has 1 fully saturated rings. The van der Waals surface area contributed by atoms with Crippen LogP contribution in [0, 0.1) is 10.1 Å². The molecule has 0 bridgehead atoms. The lowest BCUT2D eigenvalue weighted by atomic mass is 10.2. The Morgan fingerprint density at radius 1 is 1.30 bits per heavy atom. The van der Waals surface area contributed by atoms with Crippen LogP contribution in [-0.2, 0) is 28.8 Å². The number of esters is 1. The fourth-order valence-corrected chi connectivity index (χ4v) is 2.91. The Morgan fingerprint density at radius 3 is 2.52 bits per heavy atom. The molecule has 1 atom stereocenters. The molecule has 1 aliphatic rings. The van der Waals surface area contributed by atoms with E-state index in [9.17, 15) is 29.3 Å². The van der Waals surface area contributed by atoms with Crippen molar-refractivity contribution in [2.24, 2.45) is 0 Å². The number of hydrogen-bond donors (Lipinski definition) is 1. The number of hydroxylamine groups is 2. The number of methoxy groups -OCH3 is 1. The average Bonchev–Trinajstić information content (AvgIpc) is 2.96. The first-order valence-corrected chi connectivity index (χ1v) is 8.45. The third-order valence-electron chi connectivity index (χ3n) is 3.44. The van der Waals surface area contributed by atoms with Gasteiger partial charge in [-0.25, -0.2) is 9.52 Å². The van der Waals surface area contributed by atoms with E-state index < -0.39 is 41.1 Å². The first kappa shape index (κ1) is 20.3. The topological polar surface area (TPSA) is 145 Å². The molecule has 1 unspecified atom stereocenters. The summed E-state index contributed by atoms with van der Waals surface area (Å²) in [5, 5.41) is 11.4. The Kier molecular flexibility index (Phi) is 6.85. The Hall–Kier alpha value is -2.99. The van der Waals surface area contributed by atoms with Gasteiger partial charge in [-0.1, -0.05) is 12.1 Å². The van der Waals surface area contributed by atoms with Crippen LogP contribution >= 0.6 is 11.9 Å². The van der Waals surface area contributed by atoms with Crippen molar-refractivity contribution in [1.82, 2.24) is 9.79 Å². The van der Waals surface area contributed by atoms with Gasteiger partial charge < -0.3 is 9.57 Å². The predicted octanol–water partition coefficient (Wildman–Crippen LogP) is 0.730. The number of carbonyl (C=O) groups is 4. The van der Waals surface area contributed by atoms with Crippen LogP contribution in [0.2, 0.25) is 0 Å². The van der Waals surface area contributed by atoms with Crippen LogP contribution in [0.3, 0.4) is 0 Å². The number of amides is 2. The third kappa shape index (κ3) is 5.24. The highest BCUT2D eigenvalue weighted by atomic mass is 32.2. The molecule has 1 heterocycles. The first-order valence-electron chi connectivity index (χ1n) is 7.63. The SMILES string of the molecule is COC(=O)CC(NSc1ccccc1[N+](=O)[O-])C(=O)ON1C(=O)CCC1=O. The van der Waals surface area contributed by atoms with Gasteiger partial charge in [0.15, 0.2) is 0 Å². The quantitative estimate of drug-likeness (QED) is 0.219. The second-order valence-corrected chi connectivity index (χ2v) is 6.15. The third-order valence-corrected chi connectivity index (χ3v) is 4.41. The van der Waals surface area contributed by atoms with E-state index in [1.165, 1.54) is 18.2 Å². The Bertz CT molecular complexity index is 768. The molecule has 0 spiro atoms. The van der Waals surface area contributed by atoms with E-state index in [4.69, 9.17) is 4.84 Å². The lowest BCUT2D eigenvalue weighted by Gasteiger charge is -2.19. The van der Waals surface area contributed by atoms with Gasteiger partial charge in [0.05, 0.1) is 18.5 Å². The van der Waals surface area contributed by atoms with Crippen molar-refractivity contribution in [2.75, 3.05) is 7.11 Å². The fourth-order valence-electron chi connectivity index (χ4n) is 2.06. The van der Waals surface area contributed by atoms with Crippen molar-refractivity contribution in [3.8, 4) is 0 Å². The summed E-state index contributed by atoms with van der Waals surface area (Å²) in [6.45, 7) is 0. The lowest BCUT2D eigenvalue weighted by molar-refractivity contribution is -0.387. The Balaban J connectivity index is 2.11. The molecule has 0 radical (unpaired) electrons. The van der Waals surface area contributed by atoms with Gasteiger partial charge in [0, 0.05) is 18.9 Å². The minimum atomic E-state index is -1.32. The molecular weight excluding hydrogens is 382 g/mol. The van der Waals surface area contributed by atoms with E-state index in [0.717, 1.165) is 19.1 Å². The summed E-state index contributed by atoms with van der Waals surface area (Å²) in [5.74, 6) is -3.17. The monoisotopic (exact) mass is 397 g/mol. The smallest absolute Gasteiger partial charge is 0.351 e. The molecule has 0 aliphatic carbocycles. The average molecular weight is 397 g/mol. The van der Waals surface area contributed by atoms with Crippen LogP contribution in [0.5, 0.6) is 0 Å². The summed E-state index contributed by atoms with van der Waals surface area (Å²) < 4.78 is 7.09. The maximum absolute atomic E-state index is 12.3. The molecule has 1 aromatic carbocycles. The summed E-state index contributed by atoms with van der Waals surface area (Å²) in [7, 11) is 1.12. The summed E-state index contributed by atoms with van der Waals surface area (Å²) in [5.41, 5.74) is -0.204. The second kappa shape index (κ2) is 9.09. The van der Waals surface area contributed by atoms with Gasteiger partial charge in [0.2, 0.25) is 0 Å². The van der Waals surface area contributed by atoms with E-state index in [1.807, 2.05) is 0 Å². The first-order chi connectivity index (χ1) is 12.8. The second-order valence-electron chi connectivity index (χ2n) is 5.27. The molecule has 2 amide bonds. The number of ether oxygens (including phenoxy) is 1. The molecule has 2 rings (SSSR count). The molecular formula is C15H15N3O8S. The van der Waals surface area contributed by atoms with E-state index >= 15 is 0 Å². The predicted molar refractivity (Wildman–Crippen MR) is 89.7 cm³/mol. The number of nitrogens with one attached hydrogen (secondary N) is 1. The standard InChI is InChI=1S/C15H15N3O8S/c1-25-14(21)8-9(15(22)26-17-12(19)6-7-13(17)20)16-27-11-5-3-2-4-10(11)18(23)24/h2-5,9,16H,6-8H2,1H3. The van der Waals surface area contributed by atoms with Crippen molar-refractivity contribution in [1.29, 1.82) is 0 Å². The number of carbonyl (C=O) groups excluding carboxylic acids is 4. The minimum Gasteiger partial charge on any atom is -0.469 e.